The smallest absolute Gasteiger partial charge is 0.316 e. The topological polar surface area (TPSA) is 74.6 Å². The van der Waals surface area contributed by atoms with Crippen molar-refractivity contribution in [3.63, 3.8) is 0 Å². The molecule has 1 atom stereocenters. The predicted molar refractivity (Wildman–Crippen MR) is 91.8 cm³/mol. The first-order chi connectivity index (χ1) is 9.37. The molecule has 0 amide bonds. The van der Waals surface area contributed by atoms with Crippen LogP contribution in [0.2, 0.25) is 0 Å². The lowest BCUT2D eigenvalue weighted by Gasteiger charge is -2.22. The van der Waals surface area contributed by atoms with E-state index in [1.54, 1.807) is 6.92 Å². The van der Waals surface area contributed by atoms with Crippen molar-refractivity contribution in [3.05, 3.63) is 0 Å². The van der Waals surface area contributed by atoms with Gasteiger partial charge in [-0.05, 0) is 19.3 Å². The molecule has 21 heavy (non-hydrogen) atoms. The van der Waals surface area contributed by atoms with E-state index in [0.29, 0.717) is 6.42 Å². The molecule has 0 radical (unpaired) electrons. The van der Waals surface area contributed by atoms with Gasteiger partial charge in [0.05, 0.1) is 0 Å². The highest BCUT2D eigenvalue weighted by Crippen LogP contribution is 2.25. The second-order valence-corrected chi connectivity index (χ2v) is 7.42. The molecule has 1 unspecified atom stereocenters. The molecule has 2 N–H and O–H groups in total. The van der Waals surface area contributed by atoms with Gasteiger partial charge in [-0.2, -0.15) is 8.42 Å². The van der Waals surface area contributed by atoms with Crippen molar-refractivity contribution in [3.8, 4) is 0 Å². The summed E-state index contributed by atoms with van der Waals surface area (Å²) < 4.78 is 31.2. The molecule has 0 aromatic rings. The molecule has 0 saturated heterocycles. The number of rotatable bonds is 13. The maximum absolute atomic E-state index is 11.1. The summed E-state index contributed by atoms with van der Waals surface area (Å²) in [5.74, 6) is 0. The third-order valence-corrected chi connectivity index (χ3v) is 5.41. The van der Waals surface area contributed by atoms with Crippen LogP contribution in [0.15, 0.2) is 0 Å². The van der Waals surface area contributed by atoms with E-state index in [1.807, 2.05) is 0 Å². The van der Waals surface area contributed by atoms with Crippen LogP contribution in [0, 0.1) is 0 Å². The molecule has 6 heteroatoms. The fraction of sp³-hybridized carbons (Fsp3) is 1.00. The van der Waals surface area contributed by atoms with Crippen molar-refractivity contribution in [1.82, 2.24) is 0 Å². The molecular formula is C15H34MgO4S. The van der Waals surface area contributed by atoms with Gasteiger partial charge in [0.25, 0.3) is 10.1 Å². The highest BCUT2D eigenvalue weighted by molar-refractivity contribution is 7.87. The lowest BCUT2D eigenvalue weighted by Crippen LogP contribution is -2.37. The number of hydrogen-bond donors (Lipinski definition) is 2. The lowest BCUT2D eigenvalue weighted by atomic mass is 10.0. The average Bonchev–Trinajstić information content (AvgIpc) is 2.39. The van der Waals surface area contributed by atoms with Gasteiger partial charge in [-0.3, -0.25) is 4.55 Å². The van der Waals surface area contributed by atoms with Crippen molar-refractivity contribution >= 4 is 33.2 Å². The minimum absolute atomic E-state index is 0. The van der Waals surface area contributed by atoms with Crippen LogP contribution in [-0.4, -0.2) is 46.1 Å². The first-order valence-electron chi connectivity index (χ1n) is 8.06. The van der Waals surface area contributed by atoms with Crippen LogP contribution in [0.1, 0.15) is 90.9 Å². The highest BCUT2D eigenvalue weighted by atomic mass is 32.2. The molecule has 0 spiro atoms. The molecule has 4 nitrogen and oxygen atoms in total. The molecule has 0 rings (SSSR count). The van der Waals surface area contributed by atoms with E-state index in [4.69, 9.17) is 4.55 Å². The standard InChI is InChI=1S/C15H32O4S.Mg.2H/c1-3-5-6-7-8-9-10-11-12-13-14-15(16,4-2)20(17,18)19;;;/h16H,3-14H2,1-2H3,(H,17,18,19);;;. The summed E-state index contributed by atoms with van der Waals surface area (Å²) in [6.45, 7) is 3.79. The molecule has 0 aliphatic carbocycles. The molecule has 0 aromatic heterocycles. The highest BCUT2D eigenvalue weighted by Gasteiger charge is 2.37. The van der Waals surface area contributed by atoms with E-state index in [2.05, 4.69) is 6.92 Å². The van der Waals surface area contributed by atoms with Crippen LogP contribution in [0.5, 0.6) is 0 Å². The van der Waals surface area contributed by atoms with Crippen molar-refractivity contribution in [1.29, 1.82) is 0 Å². The quantitative estimate of drug-likeness (QED) is 0.307. The van der Waals surface area contributed by atoms with Gasteiger partial charge in [0.2, 0.25) is 0 Å². The van der Waals surface area contributed by atoms with E-state index in [0.717, 1.165) is 12.8 Å². The van der Waals surface area contributed by atoms with Gasteiger partial charge >= 0.3 is 23.1 Å². The zero-order chi connectivity index (χ0) is 15.5. The van der Waals surface area contributed by atoms with Gasteiger partial charge in [-0.1, -0.05) is 71.6 Å². The first kappa shape index (κ1) is 23.9. The van der Waals surface area contributed by atoms with E-state index in [1.165, 1.54) is 44.9 Å². The number of unbranched alkanes of at least 4 members (excludes halogenated alkanes) is 9. The van der Waals surface area contributed by atoms with Gasteiger partial charge < -0.3 is 5.11 Å². The zero-order valence-electron chi connectivity index (χ0n) is 13.1. The second kappa shape index (κ2) is 13.1. The van der Waals surface area contributed by atoms with Crippen molar-refractivity contribution in [2.45, 2.75) is 95.8 Å². The molecule has 0 aliphatic rings. The Bertz CT molecular complexity index is 333. The normalized spacial score (nSPS) is 14.5. The van der Waals surface area contributed by atoms with Crippen molar-refractivity contribution in [2.75, 3.05) is 0 Å². The summed E-state index contributed by atoms with van der Waals surface area (Å²) in [7, 11) is -4.37. The van der Waals surface area contributed by atoms with Crippen LogP contribution in [0.3, 0.4) is 0 Å². The van der Waals surface area contributed by atoms with Crippen LogP contribution in [-0.2, 0) is 10.1 Å². The average molecular weight is 335 g/mol. The van der Waals surface area contributed by atoms with Gasteiger partial charge in [0.15, 0.2) is 4.93 Å². The molecule has 0 bridgehead atoms. The summed E-state index contributed by atoms with van der Waals surface area (Å²) >= 11 is 0. The van der Waals surface area contributed by atoms with E-state index in [-0.39, 0.29) is 35.9 Å². The third kappa shape index (κ3) is 10.9. The Labute approximate surface area is 147 Å². The predicted octanol–water partition coefficient (Wildman–Crippen LogP) is 3.37. The fourth-order valence-corrected chi connectivity index (χ4v) is 3.14. The molecular weight excluding hydrogens is 301 g/mol. The Kier molecular flexibility index (Phi) is 14.9. The van der Waals surface area contributed by atoms with Gasteiger partial charge in [0.1, 0.15) is 0 Å². The van der Waals surface area contributed by atoms with Gasteiger partial charge in [0, 0.05) is 0 Å². The second-order valence-electron chi connectivity index (χ2n) is 5.71. The summed E-state index contributed by atoms with van der Waals surface area (Å²) in [5.41, 5.74) is 0. The largest absolute Gasteiger partial charge is 0.372 e. The lowest BCUT2D eigenvalue weighted by molar-refractivity contribution is 0.0965. The summed E-state index contributed by atoms with van der Waals surface area (Å²) in [5, 5.41) is 9.84. The Hall–Kier alpha value is 0.636. The maximum Gasteiger partial charge on any atom is 0.316 e. The molecule has 0 fully saturated rings. The van der Waals surface area contributed by atoms with E-state index in [9.17, 15) is 13.5 Å². The zero-order valence-corrected chi connectivity index (χ0v) is 13.9. The van der Waals surface area contributed by atoms with Gasteiger partial charge in [-0.15, -0.1) is 0 Å². The summed E-state index contributed by atoms with van der Waals surface area (Å²) in [6.07, 6.45) is 11.7. The molecule has 0 aromatic carbocycles. The monoisotopic (exact) mass is 334 g/mol. The van der Waals surface area contributed by atoms with E-state index < -0.39 is 15.1 Å². The third-order valence-electron chi connectivity index (χ3n) is 3.95. The molecule has 0 heterocycles. The molecule has 126 valence electrons. The summed E-state index contributed by atoms with van der Waals surface area (Å²) in [4.78, 5) is -1.95. The first-order valence-corrected chi connectivity index (χ1v) is 9.51. The van der Waals surface area contributed by atoms with Crippen LogP contribution < -0.4 is 0 Å². The van der Waals surface area contributed by atoms with Gasteiger partial charge in [-0.25, -0.2) is 0 Å². The fourth-order valence-electron chi connectivity index (χ4n) is 2.38. The van der Waals surface area contributed by atoms with Crippen molar-refractivity contribution in [2.24, 2.45) is 0 Å². The Morgan fingerprint density at radius 2 is 1.19 bits per heavy atom. The number of hydrogen-bond acceptors (Lipinski definition) is 3. The van der Waals surface area contributed by atoms with E-state index >= 15 is 0 Å². The number of aliphatic hydroxyl groups is 1. The van der Waals surface area contributed by atoms with Crippen LogP contribution in [0.4, 0.5) is 0 Å². The molecule has 0 saturated carbocycles. The van der Waals surface area contributed by atoms with Crippen molar-refractivity contribution < 1.29 is 18.1 Å². The SMILES string of the molecule is CCCCCCCCCCCCC(O)(CC)S(=O)(=O)O.[MgH2]. The maximum atomic E-state index is 11.1. The Morgan fingerprint density at radius 1 is 0.810 bits per heavy atom. The minimum atomic E-state index is -4.37. The summed E-state index contributed by atoms with van der Waals surface area (Å²) in [6, 6.07) is 0. The van der Waals surface area contributed by atoms with Crippen LogP contribution >= 0.6 is 0 Å². The minimum Gasteiger partial charge on any atom is -0.372 e. The Balaban J connectivity index is 0. The Morgan fingerprint density at radius 3 is 1.52 bits per heavy atom. The molecule has 0 aliphatic heterocycles. The van der Waals surface area contributed by atoms with Crippen LogP contribution in [0.25, 0.3) is 0 Å².